The van der Waals surface area contributed by atoms with Crippen LogP contribution in [0.1, 0.15) is 36.7 Å². The van der Waals surface area contributed by atoms with Gasteiger partial charge in [-0.15, -0.1) is 0 Å². The molecule has 2 aromatic carbocycles. The summed E-state index contributed by atoms with van der Waals surface area (Å²) < 4.78 is 1.75. The van der Waals surface area contributed by atoms with Crippen LogP contribution in [-0.4, -0.2) is 45.4 Å². The van der Waals surface area contributed by atoms with E-state index in [0.717, 1.165) is 39.4 Å². The third-order valence-electron chi connectivity index (χ3n) is 5.62. The number of imidazole rings is 1. The number of nitrogens with zero attached hydrogens (tertiary/aromatic N) is 4. The highest BCUT2D eigenvalue weighted by Gasteiger charge is 2.22. The molecule has 0 aliphatic heterocycles. The second-order valence-corrected chi connectivity index (χ2v) is 9.66. The summed E-state index contributed by atoms with van der Waals surface area (Å²) in [4.78, 5) is 30.9. The Kier molecular flexibility index (Phi) is 5.96. The Morgan fingerprint density at radius 3 is 2.24 bits per heavy atom. The van der Waals surface area contributed by atoms with Gasteiger partial charge in [0.25, 0.3) is 5.91 Å². The Morgan fingerprint density at radius 2 is 1.59 bits per heavy atom. The third kappa shape index (κ3) is 4.69. The molecule has 0 saturated carbocycles. The lowest BCUT2D eigenvalue weighted by atomic mass is 9.95. The van der Waals surface area contributed by atoms with Crippen molar-refractivity contribution in [1.29, 1.82) is 0 Å². The Balaban J connectivity index is 1.63. The zero-order valence-electron chi connectivity index (χ0n) is 20.4. The molecule has 7 heteroatoms. The number of fused-ring (bicyclic) bond motifs is 1. The molecule has 0 spiro atoms. The monoisotopic (exact) mass is 455 g/mol. The molecule has 0 aliphatic carbocycles. The summed E-state index contributed by atoms with van der Waals surface area (Å²) in [5.74, 6) is -0.0715. The quantitative estimate of drug-likeness (QED) is 0.467. The number of rotatable bonds is 4. The van der Waals surface area contributed by atoms with Gasteiger partial charge in [0.1, 0.15) is 0 Å². The van der Waals surface area contributed by atoms with Crippen LogP contribution in [0.5, 0.6) is 0 Å². The van der Waals surface area contributed by atoms with Crippen LogP contribution in [0, 0.1) is 12.3 Å². The summed E-state index contributed by atoms with van der Waals surface area (Å²) >= 11 is 0. The van der Waals surface area contributed by atoms with Crippen LogP contribution >= 0.6 is 0 Å². The van der Waals surface area contributed by atoms with E-state index in [4.69, 9.17) is 10.1 Å². The van der Waals surface area contributed by atoms with Crippen LogP contribution in [0.3, 0.4) is 0 Å². The number of anilines is 1. The Bertz CT molecular complexity index is 1380. The molecule has 34 heavy (non-hydrogen) atoms. The van der Waals surface area contributed by atoms with Crippen molar-refractivity contribution in [3.8, 4) is 22.5 Å². The van der Waals surface area contributed by atoms with Crippen molar-refractivity contribution in [2.24, 2.45) is 5.41 Å². The van der Waals surface area contributed by atoms with Gasteiger partial charge in [-0.25, -0.2) is 9.50 Å². The summed E-state index contributed by atoms with van der Waals surface area (Å²) in [5, 5.41) is 7.74. The zero-order valence-corrected chi connectivity index (χ0v) is 20.4. The zero-order chi connectivity index (χ0) is 24.6. The minimum atomic E-state index is -0.482. The van der Waals surface area contributed by atoms with Crippen molar-refractivity contribution < 1.29 is 9.59 Å². The van der Waals surface area contributed by atoms with Crippen LogP contribution in [-0.2, 0) is 4.79 Å². The average molecular weight is 456 g/mol. The van der Waals surface area contributed by atoms with E-state index in [9.17, 15) is 9.59 Å². The summed E-state index contributed by atoms with van der Waals surface area (Å²) in [6.07, 6.45) is 1.88. The number of aromatic nitrogens is 3. The fraction of sp³-hybridized carbons (Fsp3) is 0.259. The van der Waals surface area contributed by atoms with Crippen molar-refractivity contribution >= 4 is 23.1 Å². The number of carbonyl (C=O) groups is 2. The van der Waals surface area contributed by atoms with E-state index in [-0.39, 0.29) is 11.8 Å². The Morgan fingerprint density at radius 1 is 0.912 bits per heavy atom. The van der Waals surface area contributed by atoms with Gasteiger partial charge in [0.05, 0.1) is 17.6 Å². The Hall–Kier alpha value is -4.00. The molecule has 0 atom stereocenters. The van der Waals surface area contributed by atoms with Crippen LogP contribution in [0.2, 0.25) is 0 Å². The highest BCUT2D eigenvalue weighted by molar-refractivity contribution is 5.96. The van der Waals surface area contributed by atoms with Gasteiger partial charge < -0.3 is 10.2 Å². The number of nitrogens with one attached hydrogen (secondary N) is 1. The van der Waals surface area contributed by atoms with Crippen LogP contribution in [0.15, 0.2) is 60.8 Å². The fourth-order valence-electron chi connectivity index (χ4n) is 3.44. The molecular formula is C27H29N5O2. The molecule has 2 amide bonds. The minimum absolute atomic E-state index is 0.0349. The molecule has 2 heterocycles. The minimum Gasteiger partial charge on any atom is -0.345 e. The van der Waals surface area contributed by atoms with E-state index < -0.39 is 5.41 Å². The van der Waals surface area contributed by atoms with Crippen molar-refractivity contribution in [3.63, 3.8) is 0 Å². The molecule has 4 rings (SSSR count). The van der Waals surface area contributed by atoms with Crippen LogP contribution in [0.4, 0.5) is 5.69 Å². The first-order valence-electron chi connectivity index (χ1n) is 11.1. The number of aryl methyl sites for hydroxylation is 1. The molecule has 0 radical (unpaired) electrons. The van der Waals surface area contributed by atoms with Gasteiger partial charge in [-0.3, -0.25) is 9.59 Å². The second kappa shape index (κ2) is 8.74. The van der Waals surface area contributed by atoms with E-state index in [1.165, 1.54) is 0 Å². The van der Waals surface area contributed by atoms with Crippen molar-refractivity contribution in [2.75, 3.05) is 19.4 Å². The molecule has 174 valence electrons. The smallest absolute Gasteiger partial charge is 0.253 e. The van der Waals surface area contributed by atoms with Crippen molar-refractivity contribution in [2.45, 2.75) is 27.7 Å². The van der Waals surface area contributed by atoms with E-state index in [2.05, 4.69) is 5.32 Å². The molecular weight excluding hydrogens is 426 g/mol. The maximum atomic E-state index is 12.5. The largest absolute Gasteiger partial charge is 0.345 e. The van der Waals surface area contributed by atoms with Crippen molar-refractivity contribution in [1.82, 2.24) is 19.5 Å². The standard InChI is InChI=1S/C27H29N5O2/c1-17-7-8-20(15-22(17)29-26(34)27(2,3)4)23-16-32-24(28-23)14-13-21(30-32)18-9-11-19(12-10-18)25(33)31(5)6/h7-16H,1-6H3,(H,29,34). The SMILES string of the molecule is Cc1ccc(-c2cn3nc(-c4ccc(C(=O)N(C)C)cc4)ccc3n2)cc1NC(=O)C(C)(C)C. The van der Waals surface area contributed by atoms with Crippen LogP contribution < -0.4 is 5.32 Å². The summed E-state index contributed by atoms with van der Waals surface area (Å²) in [6, 6.07) is 17.2. The van der Waals surface area contributed by atoms with Gasteiger partial charge in [-0.2, -0.15) is 5.10 Å². The lowest BCUT2D eigenvalue weighted by molar-refractivity contribution is -0.123. The first-order valence-corrected chi connectivity index (χ1v) is 11.1. The first kappa shape index (κ1) is 23.2. The lowest BCUT2D eigenvalue weighted by Gasteiger charge is -2.19. The molecule has 0 unspecified atom stereocenters. The summed E-state index contributed by atoms with van der Waals surface area (Å²) in [5.41, 5.74) is 5.99. The van der Waals surface area contributed by atoms with Gasteiger partial charge in [0.2, 0.25) is 5.91 Å². The predicted octanol–water partition coefficient (Wildman–Crippen LogP) is 5.06. The van der Waals surface area contributed by atoms with E-state index >= 15 is 0 Å². The number of amides is 2. The van der Waals surface area contributed by atoms with E-state index in [0.29, 0.717) is 5.56 Å². The Labute approximate surface area is 199 Å². The van der Waals surface area contributed by atoms with Gasteiger partial charge in [-0.05, 0) is 42.8 Å². The van der Waals surface area contributed by atoms with E-state index in [1.54, 1.807) is 23.5 Å². The lowest BCUT2D eigenvalue weighted by Crippen LogP contribution is -2.27. The maximum Gasteiger partial charge on any atom is 0.253 e. The van der Waals surface area contributed by atoms with E-state index in [1.807, 2.05) is 88.5 Å². The number of benzene rings is 2. The number of carbonyl (C=O) groups excluding carboxylic acids is 2. The summed E-state index contributed by atoms with van der Waals surface area (Å²) in [7, 11) is 3.47. The van der Waals surface area contributed by atoms with Gasteiger partial charge in [0, 0.05) is 41.9 Å². The topological polar surface area (TPSA) is 79.6 Å². The first-order chi connectivity index (χ1) is 16.0. The molecule has 0 aliphatic rings. The van der Waals surface area contributed by atoms with Gasteiger partial charge >= 0.3 is 0 Å². The number of hydrogen-bond donors (Lipinski definition) is 1. The highest BCUT2D eigenvalue weighted by Crippen LogP contribution is 2.27. The molecule has 0 bridgehead atoms. The van der Waals surface area contributed by atoms with Crippen molar-refractivity contribution in [3.05, 3.63) is 71.9 Å². The number of hydrogen-bond acceptors (Lipinski definition) is 4. The molecule has 0 saturated heterocycles. The molecule has 0 fully saturated rings. The van der Waals surface area contributed by atoms with Crippen LogP contribution in [0.25, 0.3) is 28.2 Å². The maximum absolute atomic E-state index is 12.5. The molecule has 4 aromatic rings. The molecule has 7 nitrogen and oxygen atoms in total. The summed E-state index contributed by atoms with van der Waals surface area (Å²) in [6.45, 7) is 7.64. The van der Waals surface area contributed by atoms with Gasteiger partial charge in [-0.1, -0.05) is 45.0 Å². The molecule has 2 aromatic heterocycles. The fourth-order valence-corrected chi connectivity index (χ4v) is 3.44. The highest BCUT2D eigenvalue weighted by atomic mass is 16.2. The molecule has 1 N–H and O–H groups in total. The third-order valence-corrected chi connectivity index (χ3v) is 5.62. The normalized spacial score (nSPS) is 11.5. The second-order valence-electron chi connectivity index (χ2n) is 9.66. The predicted molar refractivity (Wildman–Crippen MR) is 135 cm³/mol. The average Bonchev–Trinajstić information content (AvgIpc) is 3.22. The van der Waals surface area contributed by atoms with Gasteiger partial charge in [0.15, 0.2) is 5.65 Å².